The molecule has 3 aromatic rings. The fourth-order valence-corrected chi connectivity index (χ4v) is 2.30. The van der Waals surface area contributed by atoms with Crippen LogP contribution in [0.25, 0.3) is 10.8 Å². The Morgan fingerprint density at radius 2 is 1.47 bits per heavy atom. The number of para-hydroxylation sites is 1. The fraction of sp³-hybridized carbons (Fsp3) is 0.0588. The number of benzene rings is 3. The van der Waals surface area contributed by atoms with Crippen molar-refractivity contribution in [3.05, 3.63) is 66.7 Å². The number of hydrogen-bond donors (Lipinski definition) is 1. The quantitative estimate of drug-likeness (QED) is 0.731. The van der Waals surface area contributed by atoms with Gasteiger partial charge in [0.1, 0.15) is 5.75 Å². The van der Waals surface area contributed by atoms with Gasteiger partial charge in [-0.1, -0.05) is 48.5 Å². The first-order valence-electron chi connectivity index (χ1n) is 6.27. The second-order valence-electron chi connectivity index (χ2n) is 4.55. The normalized spacial score (nSPS) is 10.6. The molecule has 0 saturated heterocycles. The van der Waals surface area contributed by atoms with Gasteiger partial charge < -0.3 is 10.0 Å². The summed E-state index contributed by atoms with van der Waals surface area (Å²) in [5.41, 5.74) is 1.86. The molecule has 2 heteroatoms. The second kappa shape index (κ2) is 4.65. The van der Waals surface area contributed by atoms with Gasteiger partial charge in [-0.2, -0.15) is 0 Å². The highest BCUT2D eigenvalue weighted by molar-refractivity contribution is 5.94. The van der Waals surface area contributed by atoms with Crippen molar-refractivity contribution < 1.29 is 5.11 Å². The van der Waals surface area contributed by atoms with Crippen LogP contribution in [0.2, 0.25) is 0 Å². The van der Waals surface area contributed by atoms with E-state index in [1.54, 1.807) is 0 Å². The molecule has 0 amide bonds. The van der Waals surface area contributed by atoms with Crippen LogP contribution in [-0.2, 0) is 0 Å². The molecule has 0 spiro atoms. The topological polar surface area (TPSA) is 23.5 Å². The number of phenols is 1. The maximum Gasteiger partial charge on any atom is 0.147 e. The Labute approximate surface area is 112 Å². The minimum Gasteiger partial charge on any atom is -0.505 e. The molecule has 3 aromatic carbocycles. The summed E-state index contributed by atoms with van der Waals surface area (Å²) >= 11 is 0. The Hall–Kier alpha value is -2.48. The standard InChI is InChI=1S/C17H15NO/c1-18(14-8-3-2-4-9-14)16-12-11-13-7-5-6-10-15(13)17(16)19/h2-12,19H,1H3. The molecule has 19 heavy (non-hydrogen) atoms. The Morgan fingerprint density at radius 1 is 0.789 bits per heavy atom. The van der Waals surface area contributed by atoms with Gasteiger partial charge in [0, 0.05) is 18.1 Å². The molecule has 0 bridgehead atoms. The molecular weight excluding hydrogens is 234 g/mol. The van der Waals surface area contributed by atoms with Gasteiger partial charge in [0.15, 0.2) is 0 Å². The summed E-state index contributed by atoms with van der Waals surface area (Å²) in [5, 5.41) is 12.4. The molecule has 2 nitrogen and oxygen atoms in total. The molecule has 1 N–H and O–H groups in total. The zero-order valence-electron chi connectivity index (χ0n) is 10.7. The number of hydrogen-bond acceptors (Lipinski definition) is 2. The van der Waals surface area contributed by atoms with E-state index in [9.17, 15) is 5.11 Å². The van der Waals surface area contributed by atoms with Crippen molar-refractivity contribution >= 4 is 22.1 Å². The van der Waals surface area contributed by atoms with E-state index in [4.69, 9.17) is 0 Å². The number of phenolic OH excluding ortho intramolecular Hbond substituents is 1. The van der Waals surface area contributed by atoms with Crippen LogP contribution in [0.4, 0.5) is 11.4 Å². The number of aromatic hydroxyl groups is 1. The van der Waals surface area contributed by atoms with E-state index in [0.29, 0.717) is 5.75 Å². The van der Waals surface area contributed by atoms with Crippen LogP contribution in [0.5, 0.6) is 5.75 Å². The molecule has 94 valence electrons. The van der Waals surface area contributed by atoms with E-state index in [0.717, 1.165) is 22.1 Å². The molecule has 0 heterocycles. The van der Waals surface area contributed by atoms with E-state index >= 15 is 0 Å². The number of rotatable bonds is 2. The van der Waals surface area contributed by atoms with E-state index in [2.05, 4.69) is 0 Å². The second-order valence-corrected chi connectivity index (χ2v) is 4.55. The highest BCUT2D eigenvalue weighted by Crippen LogP contribution is 2.37. The maximum absolute atomic E-state index is 10.4. The molecule has 0 radical (unpaired) electrons. The molecule has 0 aliphatic heterocycles. The van der Waals surface area contributed by atoms with Crippen LogP contribution in [0.15, 0.2) is 66.7 Å². The first-order chi connectivity index (χ1) is 9.27. The minimum atomic E-state index is 0.324. The number of nitrogens with zero attached hydrogens (tertiary/aromatic N) is 1. The van der Waals surface area contributed by atoms with Gasteiger partial charge in [0.05, 0.1) is 5.69 Å². The predicted octanol–water partition coefficient (Wildman–Crippen LogP) is 4.31. The van der Waals surface area contributed by atoms with Crippen molar-refractivity contribution in [2.75, 3.05) is 11.9 Å². The summed E-state index contributed by atoms with van der Waals surface area (Å²) in [4.78, 5) is 1.99. The molecule has 3 rings (SSSR count). The van der Waals surface area contributed by atoms with Crippen molar-refractivity contribution in [2.24, 2.45) is 0 Å². The smallest absolute Gasteiger partial charge is 0.147 e. The van der Waals surface area contributed by atoms with E-state index in [1.165, 1.54) is 0 Å². The summed E-state index contributed by atoms with van der Waals surface area (Å²) in [6.07, 6.45) is 0. The Balaban J connectivity index is 2.13. The molecule has 0 aliphatic carbocycles. The lowest BCUT2D eigenvalue weighted by molar-refractivity contribution is 0.482. The van der Waals surface area contributed by atoms with Crippen LogP contribution in [0.3, 0.4) is 0 Å². The fourth-order valence-electron chi connectivity index (χ4n) is 2.30. The van der Waals surface area contributed by atoms with Gasteiger partial charge in [-0.15, -0.1) is 0 Å². The molecule has 0 fully saturated rings. The lowest BCUT2D eigenvalue weighted by Gasteiger charge is -2.21. The lowest BCUT2D eigenvalue weighted by atomic mass is 10.1. The van der Waals surface area contributed by atoms with Crippen molar-refractivity contribution in [2.45, 2.75) is 0 Å². The summed E-state index contributed by atoms with van der Waals surface area (Å²) < 4.78 is 0. The van der Waals surface area contributed by atoms with Crippen LogP contribution in [0.1, 0.15) is 0 Å². The Bertz CT molecular complexity index is 707. The molecule has 0 atom stereocenters. The van der Waals surface area contributed by atoms with Gasteiger partial charge in [0.25, 0.3) is 0 Å². The van der Waals surface area contributed by atoms with Crippen molar-refractivity contribution in [3.63, 3.8) is 0 Å². The molecule has 0 aliphatic rings. The monoisotopic (exact) mass is 249 g/mol. The number of anilines is 2. The van der Waals surface area contributed by atoms with Gasteiger partial charge in [-0.3, -0.25) is 0 Å². The summed E-state index contributed by atoms with van der Waals surface area (Å²) in [6.45, 7) is 0. The molecule has 0 unspecified atom stereocenters. The van der Waals surface area contributed by atoms with E-state index in [1.807, 2.05) is 78.7 Å². The first kappa shape index (κ1) is 11.6. The van der Waals surface area contributed by atoms with Gasteiger partial charge in [-0.25, -0.2) is 0 Å². The van der Waals surface area contributed by atoms with Crippen LogP contribution in [-0.4, -0.2) is 12.2 Å². The van der Waals surface area contributed by atoms with Crippen LogP contribution < -0.4 is 4.90 Å². The summed E-state index contributed by atoms with van der Waals surface area (Å²) in [7, 11) is 1.96. The van der Waals surface area contributed by atoms with Gasteiger partial charge >= 0.3 is 0 Å². The zero-order valence-corrected chi connectivity index (χ0v) is 10.7. The molecular formula is C17H15NO. The third-order valence-corrected chi connectivity index (χ3v) is 3.38. The minimum absolute atomic E-state index is 0.324. The SMILES string of the molecule is CN(c1ccccc1)c1ccc2ccccc2c1O. The average Bonchev–Trinajstić information content (AvgIpc) is 2.48. The largest absolute Gasteiger partial charge is 0.505 e. The van der Waals surface area contributed by atoms with Crippen molar-refractivity contribution in [1.82, 2.24) is 0 Å². The van der Waals surface area contributed by atoms with Crippen LogP contribution in [0, 0.1) is 0 Å². The maximum atomic E-state index is 10.4. The predicted molar refractivity (Wildman–Crippen MR) is 80.1 cm³/mol. The highest BCUT2D eigenvalue weighted by atomic mass is 16.3. The lowest BCUT2D eigenvalue weighted by Crippen LogP contribution is -2.09. The van der Waals surface area contributed by atoms with Crippen molar-refractivity contribution in [1.29, 1.82) is 0 Å². The summed E-state index contributed by atoms with van der Waals surface area (Å²) in [5.74, 6) is 0.324. The van der Waals surface area contributed by atoms with Crippen molar-refractivity contribution in [3.8, 4) is 5.75 Å². The van der Waals surface area contributed by atoms with Gasteiger partial charge in [0.2, 0.25) is 0 Å². The Morgan fingerprint density at radius 3 is 2.26 bits per heavy atom. The van der Waals surface area contributed by atoms with Crippen LogP contribution >= 0.6 is 0 Å². The first-order valence-corrected chi connectivity index (χ1v) is 6.27. The number of fused-ring (bicyclic) bond motifs is 1. The zero-order chi connectivity index (χ0) is 13.2. The third kappa shape index (κ3) is 2.02. The highest BCUT2D eigenvalue weighted by Gasteiger charge is 2.11. The third-order valence-electron chi connectivity index (χ3n) is 3.38. The average molecular weight is 249 g/mol. The van der Waals surface area contributed by atoms with E-state index < -0.39 is 0 Å². The molecule has 0 aromatic heterocycles. The summed E-state index contributed by atoms with van der Waals surface area (Å²) in [6, 6.07) is 21.8. The molecule has 0 saturated carbocycles. The van der Waals surface area contributed by atoms with E-state index in [-0.39, 0.29) is 0 Å². The van der Waals surface area contributed by atoms with Gasteiger partial charge in [-0.05, 0) is 23.6 Å². The Kier molecular flexibility index (Phi) is 2.84.